The molecule has 11 heteroatoms. The van der Waals surface area contributed by atoms with Crippen LogP contribution in [-0.2, 0) is 9.53 Å². The van der Waals surface area contributed by atoms with Gasteiger partial charge >= 0.3 is 0 Å². The molecular formula is C29H37ClN6O3S. The SMILES string of the molecule is Cc1ncc(Cl)cc1NC(C)c1ccc(C(=O)NC(CC2CCCC2)C(=O)Nc2cnn(C3CCOCC3)c2)s1. The van der Waals surface area contributed by atoms with Gasteiger partial charge in [-0.15, -0.1) is 11.3 Å². The van der Waals surface area contributed by atoms with Gasteiger partial charge in [-0.3, -0.25) is 19.3 Å². The maximum atomic E-state index is 13.4. The van der Waals surface area contributed by atoms with Crippen LogP contribution in [0.3, 0.4) is 0 Å². The van der Waals surface area contributed by atoms with E-state index >= 15 is 0 Å². The van der Waals surface area contributed by atoms with Crippen molar-refractivity contribution in [3.8, 4) is 0 Å². The van der Waals surface area contributed by atoms with Crippen LogP contribution in [0.1, 0.15) is 84.2 Å². The first-order valence-electron chi connectivity index (χ1n) is 14.1. The molecule has 2 amide bonds. The number of nitrogens with zero attached hydrogens (tertiary/aromatic N) is 3. The Morgan fingerprint density at radius 1 is 1.18 bits per heavy atom. The number of hydrogen-bond donors (Lipinski definition) is 3. The highest BCUT2D eigenvalue weighted by atomic mass is 35.5. The fourth-order valence-corrected chi connectivity index (χ4v) is 6.56. The predicted octanol–water partition coefficient (Wildman–Crippen LogP) is 6.14. The zero-order chi connectivity index (χ0) is 28.1. The van der Waals surface area contributed by atoms with E-state index in [9.17, 15) is 9.59 Å². The third-order valence-electron chi connectivity index (χ3n) is 7.80. The van der Waals surface area contributed by atoms with Gasteiger partial charge in [0.1, 0.15) is 6.04 Å². The first-order valence-corrected chi connectivity index (χ1v) is 15.3. The summed E-state index contributed by atoms with van der Waals surface area (Å²) in [5, 5.41) is 14.5. The molecule has 0 radical (unpaired) electrons. The van der Waals surface area contributed by atoms with Gasteiger partial charge in [0.25, 0.3) is 5.91 Å². The topological polar surface area (TPSA) is 110 Å². The van der Waals surface area contributed by atoms with E-state index < -0.39 is 6.04 Å². The molecule has 1 aliphatic heterocycles. The number of carbonyl (C=O) groups excluding carboxylic acids is 2. The fourth-order valence-electron chi connectivity index (χ4n) is 5.49. The van der Waals surface area contributed by atoms with Crippen LogP contribution in [0.5, 0.6) is 0 Å². The van der Waals surface area contributed by atoms with Crippen molar-refractivity contribution in [3.05, 3.63) is 57.3 Å². The summed E-state index contributed by atoms with van der Waals surface area (Å²) >= 11 is 7.53. The van der Waals surface area contributed by atoms with Gasteiger partial charge in [0.15, 0.2) is 0 Å². The number of thiophene rings is 1. The number of aryl methyl sites for hydroxylation is 1. The number of ether oxygens (including phenoxy) is 1. The summed E-state index contributed by atoms with van der Waals surface area (Å²) in [5.41, 5.74) is 2.35. The third-order valence-corrected chi connectivity index (χ3v) is 9.28. The van der Waals surface area contributed by atoms with Gasteiger partial charge in [0.05, 0.1) is 45.2 Å². The first-order chi connectivity index (χ1) is 19.4. The number of pyridine rings is 1. The number of anilines is 2. The first kappa shape index (κ1) is 28.6. The zero-order valence-corrected chi connectivity index (χ0v) is 24.6. The highest BCUT2D eigenvalue weighted by Crippen LogP contribution is 2.31. The monoisotopic (exact) mass is 584 g/mol. The molecule has 3 N–H and O–H groups in total. The molecule has 1 aliphatic carbocycles. The van der Waals surface area contributed by atoms with E-state index in [4.69, 9.17) is 16.3 Å². The number of rotatable bonds is 10. The minimum atomic E-state index is -0.622. The van der Waals surface area contributed by atoms with Crippen molar-refractivity contribution in [2.45, 2.75) is 76.9 Å². The average molecular weight is 585 g/mol. The summed E-state index contributed by atoms with van der Waals surface area (Å²) in [6, 6.07) is 5.22. The Labute approximate surface area is 244 Å². The van der Waals surface area contributed by atoms with Crippen molar-refractivity contribution >= 4 is 46.1 Å². The molecule has 1 saturated carbocycles. The van der Waals surface area contributed by atoms with Crippen LogP contribution in [0.2, 0.25) is 5.02 Å². The van der Waals surface area contributed by atoms with Gasteiger partial charge < -0.3 is 20.7 Å². The average Bonchev–Trinajstić information content (AvgIpc) is 3.73. The lowest BCUT2D eigenvalue weighted by Gasteiger charge is -2.22. The minimum Gasteiger partial charge on any atom is -0.381 e. The lowest BCUT2D eigenvalue weighted by molar-refractivity contribution is -0.118. The molecule has 40 heavy (non-hydrogen) atoms. The Hall–Kier alpha value is -2.95. The molecule has 4 heterocycles. The zero-order valence-electron chi connectivity index (χ0n) is 23.0. The highest BCUT2D eigenvalue weighted by Gasteiger charge is 2.28. The van der Waals surface area contributed by atoms with E-state index in [0.717, 1.165) is 55.2 Å². The molecule has 3 aromatic rings. The summed E-state index contributed by atoms with van der Waals surface area (Å²) in [7, 11) is 0. The van der Waals surface area contributed by atoms with Gasteiger partial charge in [-0.2, -0.15) is 5.10 Å². The van der Waals surface area contributed by atoms with Gasteiger partial charge in [-0.25, -0.2) is 0 Å². The molecule has 214 valence electrons. The second kappa shape index (κ2) is 13.1. The van der Waals surface area contributed by atoms with Crippen LogP contribution in [0.4, 0.5) is 11.4 Å². The summed E-state index contributed by atoms with van der Waals surface area (Å²) in [6.45, 7) is 5.39. The van der Waals surface area contributed by atoms with Crippen molar-refractivity contribution in [3.63, 3.8) is 0 Å². The van der Waals surface area contributed by atoms with Gasteiger partial charge in [-0.05, 0) is 57.2 Å². The lowest BCUT2D eigenvalue weighted by atomic mass is 9.97. The molecule has 2 unspecified atom stereocenters. The van der Waals surface area contributed by atoms with Crippen molar-refractivity contribution < 1.29 is 14.3 Å². The Kier molecular flexibility index (Phi) is 9.39. The van der Waals surface area contributed by atoms with E-state index in [1.165, 1.54) is 24.2 Å². The molecule has 1 saturated heterocycles. The van der Waals surface area contributed by atoms with E-state index in [0.29, 0.717) is 27.9 Å². The molecule has 0 bridgehead atoms. The van der Waals surface area contributed by atoms with Gasteiger partial charge in [0, 0.05) is 30.5 Å². The molecule has 2 fully saturated rings. The number of nitrogens with one attached hydrogen (secondary N) is 3. The maximum absolute atomic E-state index is 13.4. The summed E-state index contributed by atoms with van der Waals surface area (Å²) in [5.74, 6) is -0.0127. The molecule has 5 rings (SSSR count). The lowest BCUT2D eigenvalue weighted by Crippen LogP contribution is -2.44. The van der Waals surface area contributed by atoms with Gasteiger partial charge in [-0.1, -0.05) is 37.3 Å². The number of hydrogen-bond acceptors (Lipinski definition) is 7. The third kappa shape index (κ3) is 7.21. The molecule has 0 aromatic carbocycles. The van der Waals surface area contributed by atoms with Crippen LogP contribution in [-0.4, -0.2) is 45.8 Å². The summed E-state index contributed by atoms with van der Waals surface area (Å²) in [4.78, 5) is 32.6. The largest absolute Gasteiger partial charge is 0.381 e. The molecule has 9 nitrogen and oxygen atoms in total. The molecule has 2 aliphatic rings. The Balaban J connectivity index is 1.24. The van der Waals surface area contributed by atoms with E-state index in [1.54, 1.807) is 12.4 Å². The smallest absolute Gasteiger partial charge is 0.262 e. The van der Waals surface area contributed by atoms with E-state index in [2.05, 4.69) is 26.0 Å². The van der Waals surface area contributed by atoms with Crippen LogP contribution >= 0.6 is 22.9 Å². The van der Waals surface area contributed by atoms with Crippen molar-refractivity contribution in [2.75, 3.05) is 23.8 Å². The quantitative estimate of drug-likeness (QED) is 0.264. The Morgan fingerprint density at radius 3 is 2.73 bits per heavy atom. The van der Waals surface area contributed by atoms with Crippen molar-refractivity contribution in [2.24, 2.45) is 5.92 Å². The van der Waals surface area contributed by atoms with Crippen LogP contribution in [0.15, 0.2) is 36.8 Å². The highest BCUT2D eigenvalue weighted by molar-refractivity contribution is 7.14. The summed E-state index contributed by atoms with van der Waals surface area (Å²) < 4.78 is 7.36. The Morgan fingerprint density at radius 2 is 1.95 bits per heavy atom. The standard InChI is InChI=1S/C29H37ClN6O3S/c1-18-24(14-21(30)15-31-18)33-19(2)26-7-8-27(40-26)29(38)35-25(13-20-5-3-4-6-20)28(37)34-22-16-32-36(17-22)23-9-11-39-12-10-23/h7-8,14-17,19-20,23,25,33H,3-6,9-13H2,1-2H3,(H,34,37)(H,35,38). The molecule has 0 spiro atoms. The molecular weight excluding hydrogens is 548 g/mol. The second-order valence-electron chi connectivity index (χ2n) is 10.8. The minimum absolute atomic E-state index is 0.0460. The van der Waals surface area contributed by atoms with E-state index in [1.807, 2.05) is 42.9 Å². The second-order valence-corrected chi connectivity index (χ2v) is 12.4. The van der Waals surface area contributed by atoms with Crippen molar-refractivity contribution in [1.29, 1.82) is 0 Å². The fraction of sp³-hybridized carbons (Fsp3) is 0.517. The molecule has 2 atom stereocenters. The normalized spacial score (nSPS) is 17.9. The van der Waals surface area contributed by atoms with E-state index in [-0.39, 0.29) is 23.9 Å². The number of amides is 2. The van der Waals surface area contributed by atoms with Crippen LogP contribution in [0, 0.1) is 12.8 Å². The predicted molar refractivity (Wildman–Crippen MR) is 158 cm³/mol. The summed E-state index contributed by atoms with van der Waals surface area (Å²) in [6.07, 6.45) is 12.1. The van der Waals surface area contributed by atoms with Crippen molar-refractivity contribution in [1.82, 2.24) is 20.1 Å². The Bertz CT molecular complexity index is 1310. The van der Waals surface area contributed by atoms with Crippen LogP contribution < -0.4 is 16.0 Å². The number of carbonyl (C=O) groups is 2. The molecule has 3 aromatic heterocycles. The number of aromatic nitrogens is 3. The maximum Gasteiger partial charge on any atom is 0.262 e. The van der Waals surface area contributed by atoms with Gasteiger partial charge in [0.2, 0.25) is 5.91 Å². The van der Waals surface area contributed by atoms with Crippen LogP contribution in [0.25, 0.3) is 0 Å². The number of halogens is 1.